The molecule has 1 N–H and O–H groups in total. The summed E-state index contributed by atoms with van der Waals surface area (Å²) in [6, 6.07) is 4.11. The third-order valence-electron chi connectivity index (χ3n) is 2.41. The zero-order valence-electron chi connectivity index (χ0n) is 10.6. The Balaban J connectivity index is 2.84. The summed E-state index contributed by atoms with van der Waals surface area (Å²) in [5.41, 5.74) is -0.655. The number of aliphatic hydroxyl groups is 1. The molecule has 0 amide bonds. The predicted molar refractivity (Wildman–Crippen MR) is 67.8 cm³/mol. The van der Waals surface area contributed by atoms with E-state index in [1.165, 1.54) is 12.1 Å². The number of rotatable bonds is 4. The molecule has 0 spiro atoms. The van der Waals surface area contributed by atoms with Gasteiger partial charge in [0.25, 0.3) is 0 Å². The summed E-state index contributed by atoms with van der Waals surface area (Å²) >= 11 is 1.13. The lowest BCUT2D eigenvalue weighted by Gasteiger charge is -2.17. The molecule has 18 heavy (non-hydrogen) atoms. The van der Waals surface area contributed by atoms with Gasteiger partial charge in [-0.25, -0.2) is 0 Å². The Kier molecular flexibility index (Phi) is 4.72. The zero-order chi connectivity index (χ0) is 14.0. The molecule has 0 fully saturated rings. The molecule has 0 heterocycles. The monoisotopic (exact) mass is 278 g/mol. The van der Waals surface area contributed by atoms with Crippen molar-refractivity contribution >= 4 is 11.8 Å². The third kappa shape index (κ3) is 4.90. The Morgan fingerprint density at radius 2 is 1.83 bits per heavy atom. The summed E-state index contributed by atoms with van der Waals surface area (Å²) in [6.07, 6.45) is -3.88. The topological polar surface area (TPSA) is 20.2 Å². The van der Waals surface area contributed by atoms with Gasteiger partial charge in [0.15, 0.2) is 0 Å². The SMILES string of the molecule is Cc1ccc(C(F)(F)F)c(SCCC(C)(C)O)c1. The Morgan fingerprint density at radius 1 is 1.22 bits per heavy atom. The van der Waals surface area contributed by atoms with Gasteiger partial charge in [-0.3, -0.25) is 0 Å². The fourth-order valence-electron chi connectivity index (χ4n) is 1.39. The van der Waals surface area contributed by atoms with Gasteiger partial charge in [-0.05, 0) is 44.9 Å². The van der Waals surface area contributed by atoms with E-state index in [1.54, 1.807) is 20.8 Å². The first-order valence-electron chi connectivity index (χ1n) is 5.62. The summed E-state index contributed by atoms with van der Waals surface area (Å²) < 4.78 is 38.3. The van der Waals surface area contributed by atoms with Crippen LogP contribution in [0.5, 0.6) is 0 Å². The molecule has 0 saturated carbocycles. The predicted octanol–water partition coefficient (Wildman–Crippen LogP) is 4.27. The largest absolute Gasteiger partial charge is 0.417 e. The maximum absolute atomic E-state index is 12.8. The van der Waals surface area contributed by atoms with Crippen molar-refractivity contribution < 1.29 is 18.3 Å². The van der Waals surface area contributed by atoms with Crippen LogP contribution in [0.1, 0.15) is 31.4 Å². The molecule has 0 bridgehead atoms. The Labute approximate surface area is 109 Å². The van der Waals surface area contributed by atoms with E-state index in [9.17, 15) is 18.3 Å². The number of alkyl halides is 3. The Hall–Kier alpha value is -0.680. The van der Waals surface area contributed by atoms with Crippen LogP contribution in [0.15, 0.2) is 23.1 Å². The average Bonchev–Trinajstić information content (AvgIpc) is 2.13. The highest BCUT2D eigenvalue weighted by molar-refractivity contribution is 7.99. The molecule has 1 rings (SSSR count). The quantitative estimate of drug-likeness (QED) is 0.830. The van der Waals surface area contributed by atoms with Crippen molar-refractivity contribution in [2.75, 3.05) is 5.75 Å². The van der Waals surface area contributed by atoms with Gasteiger partial charge in [-0.1, -0.05) is 6.07 Å². The molecule has 0 aliphatic heterocycles. The number of hydrogen-bond acceptors (Lipinski definition) is 2. The van der Waals surface area contributed by atoms with Gasteiger partial charge in [-0.2, -0.15) is 13.2 Å². The number of benzene rings is 1. The minimum Gasteiger partial charge on any atom is -0.390 e. The average molecular weight is 278 g/mol. The minimum absolute atomic E-state index is 0.228. The molecule has 0 radical (unpaired) electrons. The van der Waals surface area contributed by atoms with E-state index >= 15 is 0 Å². The highest BCUT2D eigenvalue weighted by atomic mass is 32.2. The summed E-state index contributed by atoms with van der Waals surface area (Å²) in [7, 11) is 0. The van der Waals surface area contributed by atoms with Crippen LogP contribution in [0.2, 0.25) is 0 Å². The van der Waals surface area contributed by atoms with Crippen molar-refractivity contribution in [2.24, 2.45) is 0 Å². The lowest BCUT2D eigenvalue weighted by atomic mass is 10.1. The van der Waals surface area contributed by atoms with Crippen LogP contribution in [0.4, 0.5) is 13.2 Å². The van der Waals surface area contributed by atoms with E-state index in [4.69, 9.17) is 0 Å². The first kappa shape index (κ1) is 15.4. The first-order chi connectivity index (χ1) is 8.09. The minimum atomic E-state index is -4.33. The molecular weight excluding hydrogens is 261 g/mol. The van der Waals surface area contributed by atoms with Gasteiger partial charge in [-0.15, -0.1) is 11.8 Å². The first-order valence-corrected chi connectivity index (χ1v) is 6.61. The van der Waals surface area contributed by atoms with Crippen molar-refractivity contribution in [3.8, 4) is 0 Å². The normalized spacial score (nSPS) is 12.8. The highest BCUT2D eigenvalue weighted by Crippen LogP contribution is 2.37. The van der Waals surface area contributed by atoms with Crippen LogP contribution >= 0.6 is 11.8 Å². The fraction of sp³-hybridized carbons (Fsp3) is 0.538. The number of hydrogen-bond donors (Lipinski definition) is 1. The van der Waals surface area contributed by atoms with E-state index in [1.807, 2.05) is 0 Å². The summed E-state index contributed by atoms with van der Waals surface area (Å²) in [5, 5.41) is 9.54. The van der Waals surface area contributed by atoms with Crippen molar-refractivity contribution in [1.82, 2.24) is 0 Å². The molecular formula is C13H17F3OS. The molecule has 0 aromatic heterocycles. The van der Waals surface area contributed by atoms with E-state index in [0.29, 0.717) is 12.2 Å². The molecule has 5 heteroatoms. The number of aryl methyl sites for hydroxylation is 1. The highest BCUT2D eigenvalue weighted by Gasteiger charge is 2.33. The van der Waals surface area contributed by atoms with Crippen LogP contribution in [0.3, 0.4) is 0 Å². The van der Waals surface area contributed by atoms with Crippen LogP contribution < -0.4 is 0 Å². The fourth-order valence-corrected chi connectivity index (χ4v) is 2.82. The summed E-state index contributed by atoms with van der Waals surface area (Å²) in [5.74, 6) is 0.454. The van der Waals surface area contributed by atoms with Gasteiger partial charge in [0.05, 0.1) is 11.2 Å². The van der Waals surface area contributed by atoms with Crippen molar-refractivity contribution in [3.05, 3.63) is 29.3 Å². The second-order valence-corrected chi connectivity index (χ2v) is 6.05. The molecule has 0 saturated heterocycles. The number of halogens is 3. The van der Waals surface area contributed by atoms with Gasteiger partial charge in [0, 0.05) is 10.6 Å². The van der Waals surface area contributed by atoms with E-state index in [2.05, 4.69) is 0 Å². The Bertz CT molecular complexity index is 408. The molecule has 0 aliphatic rings. The lowest BCUT2D eigenvalue weighted by molar-refractivity contribution is -0.139. The van der Waals surface area contributed by atoms with Crippen LogP contribution in [-0.2, 0) is 6.18 Å². The van der Waals surface area contributed by atoms with E-state index in [-0.39, 0.29) is 4.90 Å². The van der Waals surface area contributed by atoms with Crippen LogP contribution in [0, 0.1) is 6.92 Å². The maximum Gasteiger partial charge on any atom is 0.417 e. The van der Waals surface area contributed by atoms with E-state index < -0.39 is 17.3 Å². The molecule has 1 nitrogen and oxygen atoms in total. The molecule has 102 valence electrons. The summed E-state index contributed by atoms with van der Waals surface area (Å²) in [6.45, 7) is 5.06. The van der Waals surface area contributed by atoms with Crippen molar-refractivity contribution in [3.63, 3.8) is 0 Å². The molecule has 0 atom stereocenters. The van der Waals surface area contributed by atoms with Crippen molar-refractivity contribution in [1.29, 1.82) is 0 Å². The Morgan fingerprint density at radius 3 is 2.33 bits per heavy atom. The lowest BCUT2D eigenvalue weighted by Crippen LogP contribution is -2.19. The van der Waals surface area contributed by atoms with Crippen LogP contribution in [-0.4, -0.2) is 16.5 Å². The maximum atomic E-state index is 12.8. The second-order valence-electron chi connectivity index (χ2n) is 4.91. The standard InChI is InChI=1S/C13H17F3OS/c1-9-4-5-10(13(14,15)16)11(8-9)18-7-6-12(2,3)17/h4-5,8,17H,6-7H2,1-3H3. The molecule has 0 unspecified atom stereocenters. The van der Waals surface area contributed by atoms with Crippen LogP contribution in [0.25, 0.3) is 0 Å². The van der Waals surface area contributed by atoms with Gasteiger partial charge in [0.2, 0.25) is 0 Å². The smallest absolute Gasteiger partial charge is 0.390 e. The number of thioether (sulfide) groups is 1. The van der Waals surface area contributed by atoms with Gasteiger partial charge >= 0.3 is 6.18 Å². The van der Waals surface area contributed by atoms with E-state index in [0.717, 1.165) is 23.4 Å². The van der Waals surface area contributed by atoms with Crippen molar-refractivity contribution in [2.45, 2.75) is 43.9 Å². The van der Waals surface area contributed by atoms with Gasteiger partial charge < -0.3 is 5.11 Å². The van der Waals surface area contributed by atoms with Gasteiger partial charge in [0.1, 0.15) is 0 Å². The molecule has 0 aliphatic carbocycles. The molecule has 1 aromatic rings. The second kappa shape index (κ2) is 5.53. The third-order valence-corrected chi connectivity index (χ3v) is 3.47. The summed E-state index contributed by atoms with van der Waals surface area (Å²) in [4.78, 5) is 0.228. The zero-order valence-corrected chi connectivity index (χ0v) is 11.5. The molecule has 1 aromatic carbocycles.